The maximum absolute atomic E-state index is 12.0. The summed E-state index contributed by atoms with van der Waals surface area (Å²) in [4.78, 5) is 28.5. The van der Waals surface area contributed by atoms with E-state index in [9.17, 15) is 9.59 Å². The monoisotopic (exact) mass is 511 g/mol. The summed E-state index contributed by atoms with van der Waals surface area (Å²) in [5.41, 5.74) is 2.08. The Labute approximate surface area is 211 Å². The van der Waals surface area contributed by atoms with Crippen LogP contribution < -0.4 is 9.47 Å². The predicted molar refractivity (Wildman–Crippen MR) is 136 cm³/mol. The molecule has 0 aliphatic rings. The summed E-state index contributed by atoms with van der Waals surface area (Å²) < 4.78 is 11.1. The molecule has 1 N–H and O–H groups in total. The molecule has 0 unspecified atom stereocenters. The van der Waals surface area contributed by atoms with Crippen molar-refractivity contribution in [2.24, 2.45) is 0 Å². The van der Waals surface area contributed by atoms with Crippen molar-refractivity contribution in [3.05, 3.63) is 104 Å². The molecule has 0 aliphatic carbocycles. The molecule has 0 fully saturated rings. The van der Waals surface area contributed by atoms with Gasteiger partial charge in [0, 0.05) is 7.05 Å². The van der Waals surface area contributed by atoms with Gasteiger partial charge in [-0.1, -0.05) is 60.7 Å². The van der Waals surface area contributed by atoms with Gasteiger partial charge in [-0.3, -0.25) is 9.63 Å². The van der Waals surface area contributed by atoms with Gasteiger partial charge in [0.1, 0.15) is 29.6 Å². The van der Waals surface area contributed by atoms with Crippen LogP contribution in [0.2, 0.25) is 0 Å². The Balaban J connectivity index is 0.000000198. The second-order valence-corrected chi connectivity index (χ2v) is 8.90. The van der Waals surface area contributed by atoms with Crippen LogP contribution in [0.5, 0.6) is 11.5 Å². The van der Waals surface area contributed by atoms with Gasteiger partial charge in [0.25, 0.3) is 5.91 Å². The van der Waals surface area contributed by atoms with Gasteiger partial charge >= 0.3 is 5.97 Å². The molecule has 182 valence electrons. The van der Waals surface area contributed by atoms with Gasteiger partial charge in [-0.25, -0.2) is 9.86 Å². The van der Waals surface area contributed by atoms with Crippen molar-refractivity contribution in [1.29, 1.82) is 0 Å². The minimum atomic E-state index is -0.946. The van der Waals surface area contributed by atoms with Crippen molar-refractivity contribution in [2.75, 3.05) is 14.2 Å². The van der Waals surface area contributed by atoms with E-state index in [4.69, 9.17) is 19.4 Å². The van der Waals surface area contributed by atoms with Crippen LogP contribution in [0.15, 0.2) is 83.6 Å². The highest BCUT2D eigenvalue weighted by Crippen LogP contribution is 2.27. The average molecular weight is 512 g/mol. The molecule has 0 saturated carbocycles. The summed E-state index contributed by atoms with van der Waals surface area (Å²) in [5, 5.41) is 13.6. The number of aromatic carboxylic acids is 1. The number of carbonyl (C=O) groups excluding carboxylic acids is 1. The number of nitrogens with zero attached hydrogens (tertiary/aromatic N) is 1. The molecular weight excluding hydrogens is 486 g/mol. The summed E-state index contributed by atoms with van der Waals surface area (Å²) >= 11 is 2.51. The van der Waals surface area contributed by atoms with E-state index < -0.39 is 5.97 Å². The number of thiophene rings is 2. The van der Waals surface area contributed by atoms with Gasteiger partial charge in [0.15, 0.2) is 4.88 Å². The smallest absolute Gasteiger partial charge is 0.349 e. The molecule has 0 aliphatic heterocycles. The molecular formula is C26H25NO6S2. The Morgan fingerprint density at radius 3 is 1.69 bits per heavy atom. The first-order valence-corrected chi connectivity index (χ1v) is 12.3. The fraction of sp³-hybridized carbons (Fsp3) is 0.154. The Bertz CT molecular complexity index is 1210. The quantitative estimate of drug-likeness (QED) is 0.278. The molecule has 0 atom stereocenters. The molecule has 4 aromatic rings. The molecule has 2 aromatic heterocycles. The molecule has 0 saturated heterocycles. The lowest BCUT2D eigenvalue weighted by Crippen LogP contribution is -2.24. The van der Waals surface area contributed by atoms with E-state index in [0.717, 1.165) is 11.1 Å². The van der Waals surface area contributed by atoms with Crippen molar-refractivity contribution in [3.63, 3.8) is 0 Å². The molecule has 1 amide bonds. The summed E-state index contributed by atoms with van der Waals surface area (Å²) in [7, 11) is 3.03. The molecule has 35 heavy (non-hydrogen) atoms. The lowest BCUT2D eigenvalue weighted by Gasteiger charge is -2.13. The van der Waals surface area contributed by atoms with Crippen molar-refractivity contribution >= 4 is 34.6 Å². The van der Waals surface area contributed by atoms with Crippen molar-refractivity contribution in [1.82, 2.24) is 5.06 Å². The third kappa shape index (κ3) is 7.68. The Morgan fingerprint density at radius 2 is 1.23 bits per heavy atom. The van der Waals surface area contributed by atoms with Crippen molar-refractivity contribution in [2.45, 2.75) is 13.2 Å². The Kier molecular flexibility index (Phi) is 9.85. The minimum absolute atomic E-state index is 0.208. The third-order valence-electron chi connectivity index (χ3n) is 4.68. The van der Waals surface area contributed by atoms with Crippen LogP contribution >= 0.6 is 22.7 Å². The number of hydroxylamine groups is 2. The lowest BCUT2D eigenvalue weighted by atomic mass is 10.2. The average Bonchev–Trinajstić information content (AvgIpc) is 3.56. The van der Waals surface area contributed by atoms with Crippen LogP contribution in [0.25, 0.3) is 0 Å². The predicted octanol–water partition coefficient (Wildman–Crippen LogP) is 5.99. The molecule has 2 aromatic carbocycles. The molecule has 0 bridgehead atoms. The van der Waals surface area contributed by atoms with Gasteiger partial charge in [-0.2, -0.15) is 0 Å². The summed E-state index contributed by atoms with van der Waals surface area (Å²) in [5.74, 6) is -0.136. The number of benzene rings is 2. The van der Waals surface area contributed by atoms with Crippen LogP contribution in [0.3, 0.4) is 0 Å². The van der Waals surface area contributed by atoms with E-state index >= 15 is 0 Å². The maximum atomic E-state index is 12.0. The van der Waals surface area contributed by atoms with Crippen molar-refractivity contribution < 1.29 is 29.0 Å². The molecule has 2 heterocycles. The highest BCUT2D eigenvalue weighted by atomic mass is 32.1. The first-order valence-electron chi connectivity index (χ1n) is 10.5. The number of ether oxygens (including phenoxy) is 2. The number of carbonyl (C=O) groups is 2. The lowest BCUT2D eigenvalue weighted by molar-refractivity contribution is -0.0755. The fourth-order valence-electron chi connectivity index (χ4n) is 2.83. The zero-order valence-electron chi connectivity index (χ0n) is 19.2. The zero-order valence-corrected chi connectivity index (χ0v) is 20.9. The van der Waals surface area contributed by atoms with E-state index in [0.29, 0.717) is 29.6 Å². The molecule has 0 radical (unpaired) electrons. The maximum Gasteiger partial charge on any atom is 0.349 e. The van der Waals surface area contributed by atoms with E-state index in [1.807, 2.05) is 66.0 Å². The summed E-state index contributed by atoms with van der Waals surface area (Å²) in [6.07, 6.45) is 0. The summed E-state index contributed by atoms with van der Waals surface area (Å²) in [6, 6.07) is 22.9. The number of carboxylic acids is 1. The highest BCUT2D eigenvalue weighted by molar-refractivity contribution is 7.12. The Morgan fingerprint density at radius 1 is 0.771 bits per heavy atom. The van der Waals surface area contributed by atoms with Gasteiger partial charge in [0.05, 0.1) is 7.11 Å². The second-order valence-electron chi connectivity index (χ2n) is 7.07. The van der Waals surface area contributed by atoms with Gasteiger partial charge in [-0.15, -0.1) is 22.7 Å². The van der Waals surface area contributed by atoms with Gasteiger partial charge in [-0.05, 0) is 34.0 Å². The van der Waals surface area contributed by atoms with E-state index in [-0.39, 0.29) is 10.8 Å². The molecule has 0 spiro atoms. The number of amides is 1. The van der Waals surface area contributed by atoms with E-state index in [1.54, 1.807) is 24.6 Å². The molecule has 4 rings (SSSR count). The van der Waals surface area contributed by atoms with E-state index in [1.165, 1.54) is 34.8 Å². The fourth-order valence-corrected chi connectivity index (χ4v) is 4.30. The summed E-state index contributed by atoms with van der Waals surface area (Å²) in [6.45, 7) is 0.826. The van der Waals surface area contributed by atoms with Crippen LogP contribution in [-0.4, -0.2) is 36.2 Å². The van der Waals surface area contributed by atoms with Crippen LogP contribution in [0, 0.1) is 0 Å². The topological polar surface area (TPSA) is 85.3 Å². The number of carboxylic acid groups (broad SMARTS) is 1. The normalized spacial score (nSPS) is 10.1. The van der Waals surface area contributed by atoms with Crippen molar-refractivity contribution in [3.8, 4) is 11.5 Å². The van der Waals surface area contributed by atoms with Crippen LogP contribution in [-0.2, 0) is 18.1 Å². The van der Waals surface area contributed by atoms with E-state index in [2.05, 4.69) is 0 Å². The van der Waals surface area contributed by atoms with Gasteiger partial charge in [0.2, 0.25) is 0 Å². The largest absolute Gasteiger partial charge is 0.487 e. The SMILES string of the molecule is CON(C)C(=O)c1sccc1OCc1ccccc1.O=C(O)c1sccc1OCc1ccccc1. The van der Waals surface area contributed by atoms with Crippen LogP contribution in [0.1, 0.15) is 30.5 Å². The third-order valence-corrected chi connectivity index (χ3v) is 6.45. The first-order chi connectivity index (χ1) is 17.0. The highest BCUT2D eigenvalue weighted by Gasteiger charge is 2.18. The first kappa shape index (κ1) is 26.0. The molecule has 9 heteroatoms. The number of hydrogen-bond donors (Lipinski definition) is 1. The van der Waals surface area contributed by atoms with Crippen LogP contribution in [0.4, 0.5) is 0 Å². The minimum Gasteiger partial charge on any atom is -0.487 e. The molecule has 7 nitrogen and oxygen atoms in total. The Hall–Kier alpha value is -3.66. The standard InChI is InChI=1S/C14H15NO3S.C12H10O3S/c1-15(17-2)14(16)13-12(8-9-19-13)18-10-11-6-4-3-5-7-11;13-12(14)11-10(6-7-16-11)15-8-9-4-2-1-3-5-9/h3-9H,10H2,1-2H3;1-7H,8H2,(H,13,14). The number of hydrogen-bond acceptors (Lipinski definition) is 7. The van der Waals surface area contributed by atoms with Gasteiger partial charge < -0.3 is 14.6 Å². The number of rotatable bonds is 9. The second kappa shape index (κ2) is 13.3. The zero-order chi connectivity index (χ0) is 25.0.